The number of carbonyl (C=O) groups excluding carboxylic acids is 1. The maximum absolute atomic E-state index is 12.2. The zero-order valence-corrected chi connectivity index (χ0v) is 14.3. The lowest BCUT2D eigenvalue weighted by molar-refractivity contribution is 0.1000. The van der Waals surface area contributed by atoms with Crippen LogP contribution in [0.15, 0.2) is 59.5 Å². The van der Waals surface area contributed by atoms with Gasteiger partial charge < -0.3 is 10.6 Å². The zero-order valence-electron chi connectivity index (χ0n) is 13.5. The molecule has 3 N–H and O–H groups in total. The molecule has 0 heterocycles. The number of para-hydroxylation sites is 1. The second-order valence-electron chi connectivity index (χ2n) is 5.40. The van der Waals surface area contributed by atoms with Gasteiger partial charge in [0.25, 0.3) is 0 Å². The molecule has 0 aromatic heterocycles. The topological polar surface area (TPSA) is 92.5 Å². The molecule has 0 aliphatic rings. The predicted molar refractivity (Wildman–Crippen MR) is 94.5 cm³/mol. The molecule has 0 aliphatic carbocycles. The molecule has 0 spiro atoms. The third-order valence-corrected chi connectivity index (χ3v) is 5.09. The van der Waals surface area contributed by atoms with Crippen LogP contribution in [0.1, 0.15) is 16.8 Å². The van der Waals surface area contributed by atoms with Gasteiger partial charge in [0.05, 0.1) is 4.90 Å². The van der Waals surface area contributed by atoms with Crippen LogP contribution in [0.2, 0.25) is 0 Å². The Morgan fingerprint density at radius 3 is 2.29 bits per heavy atom. The molecule has 0 bridgehead atoms. The number of nitrogens with one attached hydrogen (secondary N) is 1. The first-order chi connectivity index (χ1) is 11.4. The highest BCUT2D eigenvalue weighted by atomic mass is 32.2. The predicted octanol–water partition coefficient (Wildman–Crippen LogP) is 1.59. The van der Waals surface area contributed by atoms with Gasteiger partial charge in [-0.1, -0.05) is 18.2 Å². The number of hydrogen-bond donors (Lipinski definition) is 2. The van der Waals surface area contributed by atoms with E-state index in [0.717, 1.165) is 12.2 Å². The summed E-state index contributed by atoms with van der Waals surface area (Å²) in [6, 6.07) is 15.4. The molecule has 2 aromatic rings. The first-order valence-corrected chi connectivity index (χ1v) is 9.04. The summed E-state index contributed by atoms with van der Waals surface area (Å²) in [6.07, 6.45) is 0.671. The summed E-state index contributed by atoms with van der Waals surface area (Å²) in [5.41, 5.74) is 6.50. The number of benzene rings is 2. The normalized spacial score (nSPS) is 11.2. The Morgan fingerprint density at radius 2 is 1.71 bits per heavy atom. The quantitative estimate of drug-likeness (QED) is 0.709. The summed E-state index contributed by atoms with van der Waals surface area (Å²) >= 11 is 0. The number of hydrogen-bond acceptors (Lipinski definition) is 4. The maximum atomic E-state index is 12.2. The Kier molecular flexibility index (Phi) is 5.94. The fraction of sp³-hybridized carbons (Fsp3) is 0.235. The van der Waals surface area contributed by atoms with Gasteiger partial charge >= 0.3 is 0 Å². The van der Waals surface area contributed by atoms with Gasteiger partial charge in [0, 0.05) is 31.4 Å². The van der Waals surface area contributed by atoms with E-state index in [2.05, 4.69) is 9.62 Å². The van der Waals surface area contributed by atoms with Crippen molar-refractivity contribution in [1.29, 1.82) is 0 Å². The Labute approximate surface area is 142 Å². The Hall–Kier alpha value is -2.38. The number of carbonyl (C=O) groups is 1. The lowest BCUT2D eigenvalue weighted by Gasteiger charge is -2.19. The highest BCUT2D eigenvalue weighted by Crippen LogP contribution is 2.12. The number of anilines is 1. The lowest BCUT2D eigenvalue weighted by Crippen LogP contribution is -2.28. The van der Waals surface area contributed by atoms with Gasteiger partial charge in [0.15, 0.2) is 0 Å². The summed E-state index contributed by atoms with van der Waals surface area (Å²) in [7, 11) is -1.62. The largest absolute Gasteiger partial charge is 0.375 e. The SMILES string of the molecule is CN(CCCNS(=O)(=O)c1ccc(C(N)=O)cc1)c1ccccc1. The standard InChI is InChI=1S/C17H21N3O3S/c1-20(15-6-3-2-4-7-15)13-5-12-19-24(22,23)16-10-8-14(9-11-16)17(18)21/h2-4,6-11,19H,5,12-13H2,1H3,(H2,18,21). The van der Waals surface area contributed by atoms with Crippen molar-refractivity contribution in [2.24, 2.45) is 5.73 Å². The summed E-state index contributed by atoms with van der Waals surface area (Å²) in [6.45, 7) is 1.06. The van der Waals surface area contributed by atoms with Crippen molar-refractivity contribution >= 4 is 21.6 Å². The molecule has 128 valence electrons. The van der Waals surface area contributed by atoms with Gasteiger partial charge in [-0.05, 0) is 42.8 Å². The van der Waals surface area contributed by atoms with Crippen LogP contribution in [0.5, 0.6) is 0 Å². The Bertz CT molecular complexity index is 774. The number of nitrogens with two attached hydrogens (primary N) is 1. The summed E-state index contributed by atoms with van der Waals surface area (Å²) < 4.78 is 26.9. The fourth-order valence-corrected chi connectivity index (χ4v) is 3.29. The molecule has 2 rings (SSSR count). The van der Waals surface area contributed by atoms with E-state index in [1.165, 1.54) is 24.3 Å². The first kappa shape index (κ1) is 18.0. The van der Waals surface area contributed by atoms with Crippen LogP contribution in [0.25, 0.3) is 0 Å². The van der Waals surface area contributed by atoms with E-state index in [1.807, 2.05) is 37.4 Å². The molecule has 24 heavy (non-hydrogen) atoms. The molecule has 0 saturated carbocycles. The third-order valence-electron chi connectivity index (χ3n) is 3.61. The van der Waals surface area contributed by atoms with Crippen molar-refractivity contribution in [2.75, 3.05) is 25.0 Å². The van der Waals surface area contributed by atoms with Gasteiger partial charge in [-0.25, -0.2) is 13.1 Å². The molecule has 0 saturated heterocycles. The van der Waals surface area contributed by atoms with Crippen LogP contribution in [-0.4, -0.2) is 34.5 Å². The van der Waals surface area contributed by atoms with Crippen LogP contribution in [0.3, 0.4) is 0 Å². The molecule has 1 amide bonds. The van der Waals surface area contributed by atoms with Crippen LogP contribution in [0.4, 0.5) is 5.69 Å². The minimum atomic E-state index is -3.59. The average Bonchev–Trinajstić information content (AvgIpc) is 2.59. The van der Waals surface area contributed by atoms with E-state index in [1.54, 1.807) is 0 Å². The highest BCUT2D eigenvalue weighted by molar-refractivity contribution is 7.89. The van der Waals surface area contributed by atoms with E-state index in [9.17, 15) is 13.2 Å². The van der Waals surface area contributed by atoms with E-state index < -0.39 is 15.9 Å². The van der Waals surface area contributed by atoms with Gasteiger partial charge in [0.2, 0.25) is 15.9 Å². The van der Waals surface area contributed by atoms with Crippen LogP contribution in [-0.2, 0) is 10.0 Å². The zero-order chi connectivity index (χ0) is 17.6. The summed E-state index contributed by atoms with van der Waals surface area (Å²) in [4.78, 5) is 13.2. The number of sulfonamides is 1. The van der Waals surface area contributed by atoms with E-state index in [-0.39, 0.29) is 10.5 Å². The molecule has 0 aliphatic heterocycles. The van der Waals surface area contributed by atoms with E-state index >= 15 is 0 Å². The minimum Gasteiger partial charge on any atom is -0.375 e. The van der Waals surface area contributed by atoms with Crippen molar-refractivity contribution in [2.45, 2.75) is 11.3 Å². The van der Waals surface area contributed by atoms with Crippen molar-refractivity contribution in [3.05, 3.63) is 60.2 Å². The minimum absolute atomic E-state index is 0.115. The van der Waals surface area contributed by atoms with Crippen LogP contribution < -0.4 is 15.4 Å². The fourth-order valence-electron chi connectivity index (χ4n) is 2.22. The second kappa shape index (κ2) is 7.94. The van der Waals surface area contributed by atoms with Gasteiger partial charge in [-0.2, -0.15) is 0 Å². The Balaban J connectivity index is 1.85. The van der Waals surface area contributed by atoms with Crippen LogP contribution in [0, 0.1) is 0 Å². The molecular weight excluding hydrogens is 326 g/mol. The summed E-state index contributed by atoms with van der Waals surface area (Å²) in [5, 5.41) is 0. The third kappa shape index (κ3) is 4.81. The number of amides is 1. The van der Waals surface area contributed by atoms with Crippen molar-refractivity contribution in [3.63, 3.8) is 0 Å². The molecule has 0 radical (unpaired) electrons. The maximum Gasteiger partial charge on any atom is 0.248 e. The van der Waals surface area contributed by atoms with Gasteiger partial charge in [-0.3, -0.25) is 4.79 Å². The monoisotopic (exact) mass is 347 g/mol. The molecule has 0 unspecified atom stereocenters. The summed E-state index contributed by atoms with van der Waals surface area (Å²) in [5.74, 6) is -0.587. The molecule has 0 fully saturated rings. The van der Waals surface area contributed by atoms with Crippen molar-refractivity contribution in [1.82, 2.24) is 4.72 Å². The van der Waals surface area contributed by atoms with E-state index in [4.69, 9.17) is 5.73 Å². The van der Waals surface area contributed by atoms with Crippen molar-refractivity contribution in [3.8, 4) is 0 Å². The van der Waals surface area contributed by atoms with Gasteiger partial charge in [-0.15, -0.1) is 0 Å². The number of rotatable bonds is 8. The molecule has 7 heteroatoms. The number of primary amides is 1. The average molecular weight is 347 g/mol. The first-order valence-electron chi connectivity index (χ1n) is 7.56. The molecular formula is C17H21N3O3S. The lowest BCUT2D eigenvalue weighted by atomic mass is 10.2. The van der Waals surface area contributed by atoms with Crippen molar-refractivity contribution < 1.29 is 13.2 Å². The van der Waals surface area contributed by atoms with Gasteiger partial charge in [0.1, 0.15) is 0 Å². The number of nitrogens with zero attached hydrogens (tertiary/aromatic N) is 1. The smallest absolute Gasteiger partial charge is 0.248 e. The molecule has 6 nitrogen and oxygen atoms in total. The van der Waals surface area contributed by atoms with Crippen LogP contribution >= 0.6 is 0 Å². The highest BCUT2D eigenvalue weighted by Gasteiger charge is 2.13. The molecule has 2 aromatic carbocycles. The molecule has 0 atom stereocenters. The second-order valence-corrected chi connectivity index (χ2v) is 7.16. The Morgan fingerprint density at radius 1 is 1.08 bits per heavy atom. The van der Waals surface area contributed by atoms with E-state index in [0.29, 0.717) is 13.0 Å².